The second-order valence-electron chi connectivity index (χ2n) is 4.48. The van der Waals surface area contributed by atoms with Crippen molar-refractivity contribution in [3.05, 3.63) is 11.6 Å². The first-order valence-corrected chi connectivity index (χ1v) is 6.82. The molecule has 0 bridgehead atoms. The highest BCUT2D eigenvalue weighted by atomic mass is 16.5. The number of rotatable bonds is 8. The quantitative estimate of drug-likeness (QED) is 0.557. The maximum Gasteiger partial charge on any atom is 0.239 e. The summed E-state index contributed by atoms with van der Waals surface area (Å²) < 4.78 is 5.76. The Bertz CT molecular complexity index is 443. The number of nitrogens with two attached hydrogens (primary N) is 1. The molecule has 0 unspecified atom stereocenters. The van der Waals surface area contributed by atoms with Crippen LogP contribution in [0.2, 0.25) is 0 Å². The highest BCUT2D eigenvalue weighted by Gasteiger charge is 2.02. The van der Waals surface area contributed by atoms with Crippen molar-refractivity contribution in [3.63, 3.8) is 0 Å². The lowest BCUT2D eigenvalue weighted by atomic mass is 10.1. The minimum absolute atomic E-state index is 0.0268. The molecule has 0 aromatic carbocycles. The van der Waals surface area contributed by atoms with Gasteiger partial charge in [-0.15, -0.1) is 4.73 Å². The smallest absolute Gasteiger partial charge is 0.239 e. The number of nitrogen functional groups attached to an aromatic ring is 1. The van der Waals surface area contributed by atoms with Gasteiger partial charge in [0.25, 0.3) is 0 Å². The Morgan fingerprint density at radius 1 is 1.32 bits per heavy atom. The largest absolute Gasteiger partial charge is 0.481 e. The van der Waals surface area contributed by atoms with Crippen LogP contribution in [0.25, 0.3) is 0 Å². The molecule has 0 aliphatic carbocycles. The molecule has 1 aromatic heterocycles. The summed E-state index contributed by atoms with van der Waals surface area (Å²) >= 11 is 0. The Morgan fingerprint density at radius 3 is 2.68 bits per heavy atom. The number of hydrogen-bond donors (Lipinski definition) is 2. The summed E-state index contributed by atoms with van der Waals surface area (Å²) in [5, 5.41) is 9.67. The Hall–Kier alpha value is -1.72. The van der Waals surface area contributed by atoms with Crippen LogP contribution in [0.3, 0.4) is 0 Å². The van der Waals surface area contributed by atoms with E-state index in [1.165, 1.54) is 32.8 Å². The molecule has 108 valence electrons. The standard InChI is InChI=1S/C13H24N4O2/c1-3-4-5-6-7-8-9-15-11-10-12(19-2)16-13(14)17(11)18/h10,18H,3-9H2,1-2H3,(H2,14,16). The predicted octanol–water partition coefficient (Wildman–Crippen LogP) is 1.97. The summed E-state index contributed by atoms with van der Waals surface area (Å²) in [5.41, 5.74) is 5.92. The molecule has 0 aliphatic heterocycles. The van der Waals surface area contributed by atoms with E-state index in [1.807, 2.05) is 0 Å². The van der Waals surface area contributed by atoms with E-state index in [0.29, 0.717) is 17.9 Å². The van der Waals surface area contributed by atoms with Gasteiger partial charge >= 0.3 is 0 Å². The third-order valence-electron chi connectivity index (χ3n) is 2.91. The molecule has 0 saturated carbocycles. The fourth-order valence-electron chi connectivity index (χ4n) is 1.78. The molecule has 0 amide bonds. The fourth-order valence-corrected chi connectivity index (χ4v) is 1.78. The maximum atomic E-state index is 9.67. The van der Waals surface area contributed by atoms with E-state index in [2.05, 4.69) is 16.9 Å². The molecule has 0 spiro atoms. The van der Waals surface area contributed by atoms with Gasteiger partial charge in [0, 0.05) is 12.6 Å². The van der Waals surface area contributed by atoms with Crippen LogP contribution in [-0.4, -0.2) is 28.6 Å². The van der Waals surface area contributed by atoms with Crippen LogP contribution in [0.1, 0.15) is 45.4 Å². The highest BCUT2D eigenvalue weighted by Crippen LogP contribution is 2.05. The molecular formula is C13H24N4O2. The normalized spacial score (nSPS) is 11.8. The number of methoxy groups -OCH3 is 1. The number of unbranched alkanes of at least 4 members (excludes halogenated alkanes) is 5. The van der Waals surface area contributed by atoms with E-state index in [-0.39, 0.29) is 5.95 Å². The third kappa shape index (κ3) is 5.19. The molecule has 1 rings (SSSR count). The van der Waals surface area contributed by atoms with Crippen molar-refractivity contribution in [3.8, 4) is 5.88 Å². The average Bonchev–Trinajstić information content (AvgIpc) is 2.42. The van der Waals surface area contributed by atoms with Gasteiger partial charge in [-0.1, -0.05) is 39.0 Å². The SMILES string of the molecule is CCCCCCCCN=c1cc(OC)nc(N)n1O. The maximum absolute atomic E-state index is 9.67. The van der Waals surface area contributed by atoms with Crippen molar-refractivity contribution in [2.75, 3.05) is 19.4 Å². The second kappa shape index (κ2) is 8.39. The first kappa shape index (κ1) is 15.3. The van der Waals surface area contributed by atoms with Crippen molar-refractivity contribution in [2.45, 2.75) is 45.4 Å². The van der Waals surface area contributed by atoms with Gasteiger partial charge in [-0.3, -0.25) is 4.99 Å². The zero-order valence-corrected chi connectivity index (χ0v) is 11.8. The predicted molar refractivity (Wildman–Crippen MR) is 74.2 cm³/mol. The van der Waals surface area contributed by atoms with Crippen LogP contribution in [0.15, 0.2) is 11.1 Å². The average molecular weight is 268 g/mol. The summed E-state index contributed by atoms with van der Waals surface area (Å²) in [4.78, 5) is 8.14. The first-order chi connectivity index (χ1) is 9.19. The Balaban J connectivity index is 2.50. The first-order valence-electron chi connectivity index (χ1n) is 6.82. The number of anilines is 1. The van der Waals surface area contributed by atoms with Gasteiger partial charge in [-0.2, -0.15) is 4.98 Å². The van der Waals surface area contributed by atoms with Gasteiger partial charge in [0.1, 0.15) is 0 Å². The Kier molecular flexibility index (Phi) is 6.78. The molecule has 19 heavy (non-hydrogen) atoms. The molecule has 6 heteroatoms. The van der Waals surface area contributed by atoms with Gasteiger partial charge in [0.2, 0.25) is 11.8 Å². The fraction of sp³-hybridized carbons (Fsp3) is 0.692. The van der Waals surface area contributed by atoms with Crippen LogP contribution in [-0.2, 0) is 0 Å². The van der Waals surface area contributed by atoms with Gasteiger partial charge < -0.3 is 15.7 Å². The Morgan fingerprint density at radius 2 is 2.00 bits per heavy atom. The van der Waals surface area contributed by atoms with Crippen molar-refractivity contribution in [1.82, 2.24) is 9.71 Å². The lowest BCUT2D eigenvalue weighted by Gasteiger charge is -2.05. The van der Waals surface area contributed by atoms with E-state index < -0.39 is 0 Å². The summed E-state index contributed by atoms with van der Waals surface area (Å²) in [5.74, 6) is 0.325. The molecule has 0 aliphatic rings. The number of aromatic nitrogens is 2. The van der Waals surface area contributed by atoms with Crippen LogP contribution in [0.4, 0.5) is 5.95 Å². The second-order valence-corrected chi connectivity index (χ2v) is 4.48. The van der Waals surface area contributed by atoms with E-state index in [4.69, 9.17) is 10.5 Å². The molecule has 6 nitrogen and oxygen atoms in total. The van der Waals surface area contributed by atoms with E-state index in [9.17, 15) is 5.21 Å². The van der Waals surface area contributed by atoms with Gasteiger partial charge in [0.05, 0.1) is 7.11 Å². The van der Waals surface area contributed by atoms with E-state index in [1.54, 1.807) is 6.07 Å². The molecule has 0 saturated heterocycles. The van der Waals surface area contributed by atoms with Crippen molar-refractivity contribution in [1.29, 1.82) is 0 Å². The molecular weight excluding hydrogens is 244 g/mol. The van der Waals surface area contributed by atoms with Gasteiger partial charge in [0.15, 0.2) is 5.49 Å². The van der Waals surface area contributed by atoms with Crippen LogP contribution in [0.5, 0.6) is 5.88 Å². The van der Waals surface area contributed by atoms with Crippen molar-refractivity contribution >= 4 is 5.95 Å². The van der Waals surface area contributed by atoms with E-state index >= 15 is 0 Å². The lowest BCUT2D eigenvalue weighted by molar-refractivity contribution is 0.173. The molecule has 0 atom stereocenters. The molecule has 3 N–H and O–H groups in total. The lowest BCUT2D eigenvalue weighted by Crippen LogP contribution is -2.23. The summed E-state index contributed by atoms with van der Waals surface area (Å²) in [7, 11) is 1.50. The summed E-state index contributed by atoms with van der Waals surface area (Å²) in [6.45, 7) is 2.87. The molecule has 1 heterocycles. The van der Waals surface area contributed by atoms with Crippen molar-refractivity contribution < 1.29 is 9.94 Å². The molecule has 0 fully saturated rings. The zero-order chi connectivity index (χ0) is 14.1. The minimum atomic E-state index is -0.0268. The molecule has 1 aromatic rings. The Labute approximate surface area is 113 Å². The topological polar surface area (TPSA) is 85.7 Å². The monoisotopic (exact) mass is 268 g/mol. The van der Waals surface area contributed by atoms with Crippen LogP contribution < -0.4 is 16.0 Å². The van der Waals surface area contributed by atoms with Crippen LogP contribution >= 0.6 is 0 Å². The third-order valence-corrected chi connectivity index (χ3v) is 2.91. The zero-order valence-electron chi connectivity index (χ0n) is 11.8. The summed E-state index contributed by atoms with van der Waals surface area (Å²) in [6, 6.07) is 1.56. The number of nitrogens with zero attached hydrogens (tertiary/aromatic N) is 3. The van der Waals surface area contributed by atoms with Gasteiger partial charge in [-0.25, -0.2) is 0 Å². The minimum Gasteiger partial charge on any atom is -0.481 e. The van der Waals surface area contributed by atoms with Crippen LogP contribution in [0, 0.1) is 0 Å². The highest BCUT2D eigenvalue weighted by molar-refractivity contribution is 5.21. The summed E-state index contributed by atoms with van der Waals surface area (Å²) in [6.07, 6.45) is 7.24. The molecule has 0 radical (unpaired) electrons. The van der Waals surface area contributed by atoms with Crippen molar-refractivity contribution in [2.24, 2.45) is 4.99 Å². The number of ether oxygens (including phenoxy) is 1. The number of hydrogen-bond acceptors (Lipinski definition) is 5. The van der Waals surface area contributed by atoms with E-state index in [0.717, 1.165) is 17.6 Å². The van der Waals surface area contributed by atoms with Gasteiger partial charge in [-0.05, 0) is 6.42 Å².